The molecule has 72 valence electrons. The molecular formula is C11H22O. The minimum Gasteiger partial charge on any atom is -0.390 e. The van der Waals surface area contributed by atoms with Crippen molar-refractivity contribution in [3.63, 3.8) is 0 Å². The van der Waals surface area contributed by atoms with Gasteiger partial charge in [-0.3, -0.25) is 0 Å². The number of rotatable bonds is 0. The van der Waals surface area contributed by atoms with E-state index in [2.05, 4.69) is 0 Å². The highest BCUT2D eigenvalue weighted by Gasteiger charge is 2.19. The van der Waals surface area contributed by atoms with Crippen LogP contribution in [0.2, 0.25) is 0 Å². The molecule has 1 nitrogen and oxygen atoms in total. The molecule has 0 heterocycles. The summed E-state index contributed by atoms with van der Waals surface area (Å²) in [7, 11) is 0. The van der Waals surface area contributed by atoms with Gasteiger partial charge in [0.2, 0.25) is 0 Å². The van der Waals surface area contributed by atoms with E-state index in [0.29, 0.717) is 0 Å². The van der Waals surface area contributed by atoms with Crippen LogP contribution in [0.4, 0.5) is 0 Å². The second-order valence-electron chi connectivity index (χ2n) is 4.47. The molecule has 1 heteroatoms. The summed E-state index contributed by atoms with van der Waals surface area (Å²) in [4.78, 5) is 0. The summed E-state index contributed by atoms with van der Waals surface area (Å²) in [6.07, 6.45) is 11.2. The Morgan fingerprint density at radius 2 is 1.08 bits per heavy atom. The zero-order valence-electron chi connectivity index (χ0n) is 8.31. The lowest BCUT2D eigenvalue weighted by Crippen LogP contribution is -2.23. The van der Waals surface area contributed by atoms with Crippen molar-refractivity contribution in [3.8, 4) is 0 Å². The largest absolute Gasteiger partial charge is 0.390 e. The van der Waals surface area contributed by atoms with Crippen molar-refractivity contribution in [1.82, 2.24) is 0 Å². The van der Waals surface area contributed by atoms with Gasteiger partial charge in [0, 0.05) is 0 Å². The van der Waals surface area contributed by atoms with Gasteiger partial charge in [-0.25, -0.2) is 0 Å². The van der Waals surface area contributed by atoms with E-state index in [-0.39, 0.29) is 5.60 Å². The lowest BCUT2D eigenvalue weighted by molar-refractivity contribution is 0.0356. The van der Waals surface area contributed by atoms with E-state index in [4.69, 9.17) is 0 Å². The Bertz CT molecular complexity index is 106. The molecule has 0 aromatic heterocycles. The lowest BCUT2D eigenvalue weighted by atomic mass is 9.90. The van der Waals surface area contributed by atoms with Crippen LogP contribution in [0.3, 0.4) is 0 Å². The molecule has 0 saturated heterocycles. The van der Waals surface area contributed by atoms with E-state index in [1.54, 1.807) is 0 Å². The van der Waals surface area contributed by atoms with Crippen molar-refractivity contribution in [1.29, 1.82) is 0 Å². The molecule has 0 aromatic rings. The molecule has 0 radical (unpaired) electrons. The molecule has 0 amide bonds. The van der Waals surface area contributed by atoms with E-state index in [1.165, 1.54) is 44.9 Å². The maximum atomic E-state index is 9.90. The van der Waals surface area contributed by atoms with Crippen LogP contribution in [0.5, 0.6) is 0 Å². The third kappa shape index (κ3) is 4.10. The SMILES string of the molecule is CC1(O)CCCCCCCCC1. The van der Waals surface area contributed by atoms with E-state index in [0.717, 1.165) is 12.8 Å². The Balaban J connectivity index is 2.27. The monoisotopic (exact) mass is 170 g/mol. The summed E-state index contributed by atoms with van der Waals surface area (Å²) in [5.74, 6) is 0. The molecule has 1 rings (SSSR count). The Labute approximate surface area is 76.2 Å². The first-order chi connectivity index (χ1) is 5.71. The van der Waals surface area contributed by atoms with Gasteiger partial charge in [0.1, 0.15) is 0 Å². The average Bonchev–Trinajstić information content (AvgIpc) is 2.02. The number of aliphatic hydroxyl groups is 1. The van der Waals surface area contributed by atoms with Crippen molar-refractivity contribution in [2.24, 2.45) is 0 Å². The molecule has 1 saturated carbocycles. The van der Waals surface area contributed by atoms with Gasteiger partial charge in [-0.05, 0) is 19.8 Å². The van der Waals surface area contributed by atoms with Crippen LogP contribution >= 0.6 is 0 Å². The first kappa shape index (κ1) is 10.0. The highest BCUT2D eigenvalue weighted by Crippen LogP contribution is 2.24. The fourth-order valence-electron chi connectivity index (χ4n) is 2.02. The van der Waals surface area contributed by atoms with Crippen LogP contribution in [-0.2, 0) is 0 Å². The van der Waals surface area contributed by atoms with E-state index in [9.17, 15) is 5.11 Å². The molecule has 0 bridgehead atoms. The summed E-state index contributed by atoms with van der Waals surface area (Å²) in [5.41, 5.74) is -0.364. The van der Waals surface area contributed by atoms with E-state index in [1.807, 2.05) is 6.92 Å². The van der Waals surface area contributed by atoms with E-state index >= 15 is 0 Å². The van der Waals surface area contributed by atoms with Gasteiger partial charge >= 0.3 is 0 Å². The van der Waals surface area contributed by atoms with Gasteiger partial charge < -0.3 is 5.11 Å². The van der Waals surface area contributed by atoms with Crippen molar-refractivity contribution >= 4 is 0 Å². The Morgan fingerprint density at radius 1 is 0.750 bits per heavy atom. The molecule has 1 aliphatic carbocycles. The second-order valence-corrected chi connectivity index (χ2v) is 4.47. The third-order valence-corrected chi connectivity index (χ3v) is 2.93. The quantitative estimate of drug-likeness (QED) is 0.591. The Hall–Kier alpha value is -0.0400. The molecule has 1 N–H and O–H groups in total. The molecule has 12 heavy (non-hydrogen) atoms. The molecule has 0 aliphatic heterocycles. The third-order valence-electron chi connectivity index (χ3n) is 2.93. The summed E-state index contributed by atoms with van der Waals surface area (Å²) >= 11 is 0. The predicted octanol–water partition coefficient (Wildman–Crippen LogP) is 3.26. The fourth-order valence-corrected chi connectivity index (χ4v) is 2.02. The summed E-state index contributed by atoms with van der Waals surface area (Å²) in [6, 6.07) is 0. The lowest BCUT2D eigenvalue weighted by Gasteiger charge is -2.24. The Kier molecular flexibility index (Phi) is 4.07. The summed E-state index contributed by atoms with van der Waals surface area (Å²) in [5, 5.41) is 9.90. The summed E-state index contributed by atoms with van der Waals surface area (Å²) < 4.78 is 0. The molecule has 0 atom stereocenters. The smallest absolute Gasteiger partial charge is 0.0619 e. The van der Waals surface area contributed by atoms with Crippen LogP contribution in [0.15, 0.2) is 0 Å². The van der Waals surface area contributed by atoms with Crippen LogP contribution in [-0.4, -0.2) is 10.7 Å². The molecule has 1 fully saturated rings. The van der Waals surface area contributed by atoms with Gasteiger partial charge in [-0.2, -0.15) is 0 Å². The van der Waals surface area contributed by atoms with Crippen molar-refractivity contribution in [2.45, 2.75) is 70.3 Å². The Morgan fingerprint density at radius 3 is 1.50 bits per heavy atom. The van der Waals surface area contributed by atoms with Gasteiger partial charge in [0.25, 0.3) is 0 Å². The van der Waals surface area contributed by atoms with Gasteiger partial charge in [-0.1, -0.05) is 44.9 Å². The molecule has 0 spiro atoms. The van der Waals surface area contributed by atoms with Crippen LogP contribution in [0, 0.1) is 0 Å². The van der Waals surface area contributed by atoms with Crippen LogP contribution in [0.25, 0.3) is 0 Å². The second kappa shape index (κ2) is 4.86. The zero-order chi connectivity index (χ0) is 8.86. The first-order valence-electron chi connectivity index (χ1n) is 5.43. The van der Waals surface area contributed by atoms with Crippen LogP contribution < -0.4 is 0 Å². The average molecular weight is 170 g/mol. The maximum Gasteiger partial charge on any atom is 0.0619 e. The van der Waals surface area contributed by atoms with Gasteiger partial charge in [0.15, 0.2) is 0 Å². The van der Waals surface area contributed by atoms with Crippen LogP contribution in [0.1, 0.15) is 64.7 Å². The topological polar surface area (TPSA) is 20.2 Å². The minimum absolute atomic E-state index is 0.364. The fraction of sp³-hybridized carbons (Fsp3) is 1.00. The zero-order valence-corrected chi connectivity index (χ0v) is 8.31. The predicted molar refractivity (Wildman–Crippen MR) is 52.2 cm³/mol. The first-order valence-corrected chi connectivity index (χ1v) is 5.43. The molecular weight excluding hydrogens is 148 g/mol. The molecule has 0 unspecified atom stereocenters. The molecule has 1 aliphatic rings. The van der Waals surface area contributed by atoms with Gasteiger partial charge in [-0.15, -0.1) is 0 Å². The number of hydrogen-bond acceptors (Lipinski definition) is 1. The van der Waals surface area contributed by atoms with Crippen molar-refractivity contribution in [2.75, 3.05) is 0 Å². The van der Waals surface area contributed by atoms with Crippen molar-refractivity contribution in [3.05, 3.63) is 0 Å². The highest BCUT2D eigenvalue weighted by atomic mass is 16.3. The maximum absolute atomic E-state index is 9.90. The minimum atomic E-state index is -0.364. The van der Waals surface area contributed by atoms with Gasteiger partial charge in [0.05, 0.1) is 5.60 Å². The van der Waals surface area contributed by atoms with Crippen molar-refractivity contribution < 1.29 is 5.11 Å². The standard InChI is InChI=1S/C11H22O/c1-11(12)9-7-5-3-2-4-6-8-10-11/h12H,2-10H2,1H3. The molecule has 0 aromatic carbocycles. The highest BCUT2D eigenvalue weighted by molar-refractivity contribution is 4.73. The normalized spacial score (nSPS) is 26.5. The number of hydrogen-bond donors (Lipinski definition) is 1. The van der Waals surface area contributed by atoms with E-state index < -0.39 is 0 Å². The summed E-state index contributed by atoms with van der Waals surface area (Å²) in [6.45, 7) is 1.99.